The van der Waals surface area contributed by atoms with Gasteiger partial charge in [0.25, 0.3) is 0 Å². The third-order valence-corrected chi connectivity index (χ3v) is 4.13. The minimum atomic E-state index is 0.597. The van der Waals surface area contributed by atoms with Crippen LogP contribution in [0.1, 0.15) is 24.5 Å². The van der Waals surface area contributed by atoms with Crippen LogP contribution < -0.4 is 4.90 Å². The zero-order chi connectivity index (χ0) is 13.1. The molecule has 0 bridgehead atoms. The summed E-state index contributed by atoms with van der Waals surface area (Å²) in [5.41, 5.74) is 1.26. The Morgan fingerprint density at radius 2 is 2.05 bits per heavy atom. The molecule has 0 aromatic carbocycles. The van der Waals surface area contributed by atoms with E-state index in [1.165, 1.54) is 25.1 Å². The van der Waals surface area contributed by atoms with Gasteiger partial charge in [-0.25, -0.2) is 4.98 Å². The highest BCUT2D eigenvalue weighted by molar-refractivity contribution is 5.40. The van der Waals surface area contributed by atoms with Gasteiger partial charge in [-0.05, 0) is 38.6 Å². The average molecular weight is 261 g/mol. The fourth-order valence-electron chi connectivity index (χ4n) is 3.04. The molecule has 0 radical (unpaired) electrons. The van der Waals surface area contributed by atoms with Crippen molar-refractivity contribution in [2.75, 3.05) is 51.3 Å². The fraction of sp³-hybridized carbons (Fsp3) is 0.667. The molecular formula is C15H23N3O. The van der Waals surface area contributed by atoms with Crippen molar-refractivity contribution in [2.45, 2.75) is 18.8 Å². The minimum Gasteiger partial charge on any atom is -0.378 e. The molecule has 1 aromatic heterocycles. The molecule has 2 saturated heterocycles. The molecule has 3 rings (SSSR count). The van der Waals surface area contributed by atoms with Crippen molar-refractivity contribution in [2.24, 2.45) is 0 Å². The van der Waals surface area contributed by atoms with Gasteiger partial charge in [-0.15, -0.1) is 0 Å². The van der Waals surface area contributed by atoms with Crippen molar-refractivity contribution in [1.29, 1.82) is 0 Å². The van der Waals surface area contributed by atoms with E-state index < -0.39 is 0 Å². The lowest BCUT2D eigenvalue weighted by Gasteiger charge is -2.31. The molecule has 0 N–H and O–H groups in total. The summed E-state index contributed by atoms with van der Waals surface area (Å²) in [4.78, 5) is 9.65. The molecule has 104 valence electrons. The first-order valence-electron chi connectivity index (χ1n) is 7.31. The van der Waals surface area contributed by atoms with E-state index in [-0.39, 0.29) is 0 Å². The van der Waals surface area contributed by atoms with Gasteiger partial charge in [0.2, 0.25) is 0 Å². The Hall–Kier alpha value is -1.13. The number of likely N-dealkylation sites (N-methyl/N-ethyl adjacent to an activating group) is 1. The van der Waals surface area contributed by atoms with E-state index in [0.717, 1.165) is 38.7 Å². The summed E-state index contributed by atoms with van der Waals surface area (Å²) < 4.78 is 5.41. The Balaban J connectivity index is 1.75. The summed E-state index contributed by atoms with van der Waals surface area (Å²) in [6.45, 7) is 5.91. The van der Waals surface area contributed by atoms with Crippen molar-refractivity contribution in [1.82, 2.24) is 9.88 Å². The Morgan fingerprint density at radius 1 is 1.21 bits per heavy atom. The van der Waals surface area contributed by atoms with E-state index in [9.17, 15) is 0 Å². The number of piperidine rings is 1. The number of hydrogen-bond donors (Lipinski definition) is 0. The first-order valence-corrected chi connectivity index (χ1v) is 7.31. The number of likely N-dealkylation sites (tertiary alicyclic amines) is 1. The summed E-state index contributed by atoms with van der Waals surface area (Å²) in [5.74, 6) is 1.72. The van der Waals surface area contributed by atoms with Crippen LogP contribution in [-0.2, 0) is 4.74 Å². The van der Waals surface area contributed by atoms with Crippen LogP contribution in [0.3, 0.4) is 0 Å². The number of anilines is 1. The number of morpholine rings is 1. The van der Waals surface area contributed by atoms with Crippen LogP contribution in [-0.4, -0.2) is 56.3 Å². The van der Waals surface area contributed by atoms with Crippen LogP contribution in [0, 0.1) is 0 Å². The normalized spacial score (nSPS) is 25.5. The van der Waals surface area contributed by atoms with E-state index in [0.29, 0.717) is 5.92 Å². The second-order valence-electron chi connectivity index (χ2n) is 5.62. The van der Waals surface area contributed by atoms with Gasteiger partial charge in [0.1, 0.15) is 5.82 Å². The molecular weight excluding hydrogens is 238 g/mol. The highest BCUT2D eigenvalue weighted by atomic mass is 16.5. The molecule has 2 aliphatic rings. The molecule has 3 heterocycles. The lowest BCUT2D eigenvalue weighted by atomic mass is 9.94. The minimum absolute atomic E-state index is 0.597. The molecule has 0 saturated carbocycles. The molecule has 0 aliphatic carbocycles. The number of ether oxygens (including phenoxy) is 1. The van der Waals surface area contributed by atoms with Gasteiger partial charge in [0.15, 0.2) is 0 Å². The molecule has 1 aromatic rings. The molecule has 4 heteroatoms. The van der Waals surface area contributed by atoms with Crippen LogP contribution in [0.2, 0.25) is 0 Å². The van der Waals surface area contributed by atoms with Crippen LogP contribution in [0.15, 0.2) is 18.2 Å². The Kier molecular flexibility index (Phi) is 3.99. The van der Waals surface area contributed by atoms with Gasteiger partial charge in [-0.2, -0.15) is 0 Å². The van der Waals surface area contributed by atoms with Gasteiger partial charge in [0.05, 0.1) is 13.2 Å². The predicted octanol–water partition coefficient (Wildman–Crippen LogP) is 1.73. The van der Waals surface area contributed by atoms with Gasteiger partial charge in [0, 0.05) is 31.2 Å². The molecule has 0 spiro atoms. The third kappa shape index (κ3) is 3.07. The van der Waals surface area contributed by atoms with Crippen molar-refractivity contribution < 1.29 is 4.74 Å². The number of hydrogen-bond acceptors (Lipinski definition) is 4. The lowest BCUT2D eigenvalue weighted by Crippen LogP contribution is -2.37. The molecule has 0 unspecified atom stereocenters. The van der Waals surface area contributed by atoms with Crippen molar-refractivity contribution >= 4 is 5.82 Å². The number of nitrogens with zero attached hydrogens (tertiary/aromatic N) is 3. The number of rotatable bonds is 2. The molecule has 2 fully saturated rings. The fourth-order valence-corrected chi connectivity index (χ4v) is 3.04. The third-order valence-electron chi connectivity index (χ3n) is 4.13. The first kappa shape index (κ1) is 12.9. The molecule has 0 amide bonds. The maximum absolute atomic E-state index is 5.41. The van der Waals surface area contributed by atoms with E-state index in [1.54, 1.807) is 0 Å². The zero-order valence-electron chi connectivity index (χ0n) is 11.7. The summed E-state index contributed by atoms with van der Waals surface area (Å²) >= 11 is 0. The molecule has 19 heavy (non-hydrogen) atoms. The highest BCUT2D eigenvalue weighted by Crippen LogP contribution is 2.26. The second kappa shape index (κ2) is 5.88. The van der Waals surface area contributed by atoms with E-state index >= 15 is 0 Å². The molecule has 1 atom stereocenters. The SMILES string of the molecule is CN1CCC[C@@H](c2cccc(N3CCOCC3)n2)C1. The van der Waals surface area contributed by atoms with E-state index in [4.69, 9.17) is 9.72 Å². The molecule has 4 nitrogen and oxygen atoms in total. The number of aromatic nitrogens is 1. The van der Waals surface area contributed by atoms with Gasteiger partial charge < -0.3 is 14.5 Å². The van der Waals surface area contributed by atoms with Gasteiger partial charge >= 0.3 is 0 Å². The quantitative estimate of drug-likeness (QED) is 0.810. The van der Waals surface area contributed by atoms with Crippen molar-refractivity contribution in [3.63, 3.8) is 0 Å². The van der Waals surface area contributed by atoms with Crippen molar-refractivity contribution in [3.05, 3.63) is 23.9 Å². The highest BCUT2D eigenvalue weighted by Gasteiger charge is 2.21. The van der Waals surface area contributed by atoms with E-state index in [2.05, 4.69) is 35.0 Å². The van der Waals surface area contributed by atoms with Crippen LogP contribution in [0.25, 0.3) is 0 Å². The molecule has 2 aliphatic heterocycles. The van der Waals surface area contributed by atoms with Crippen LogP contribution in [0.4, 0.5) is 5.82 Å². The standard InChI is InChI=1S/C15H23N3O/c1-17-7-3-4-13(12-17)14-5-2-6-15(16-14)18-8-10-19-11-9-18/h2,5-6,13H,3-4,7-12H2,1H3/t13-/m1/s1. The average Bonchev–Trinajstić information content (AvgIpc) is 2.48. The maximum atomic E-state index is 5.41. The Labute approximate surface area is 115 Å². The maximum Gasteiger partial charge on any atom is 0.128 e. The Morgan fingerprint density at radius 3 is 2.84 bits per heavy atom. The Bertz CT molecular complexity index is 418. The first-order chi connectivity index (χ1) is 9.33. The summed E-state index contributed by atoms with van der Waals surface area (Å²) in [5, 5.41) is 0. The number of pyridine rings is 1. The monoisotopic (exact) mass is 261 g/mol. The van der Waals surface area contributed by atoms with E-state index in [1.807, 2.05) is 0 Å². The largest absolute Gasteiger partial charge is 0.378 e. The van der Waals surface area contributed by atoms with Crippen LogP contribution >= 0.6 is 0 Å². The topological polar surface area (TPSA) is 28.6 Å². The zero-order valence-corrected chi connectivity index (χ0v) is 11.7. The van der Waals surface area contributed by atoms with Crippen LogP contribution in [0.5, 0.6) is 0 Å². The summed E-state index contributed by atoms with van der Waals surface area (Å²) in [6.07, 6.45) is 2.55. The second-order valence-corrected chi connectivity index (χ2v) is 5.62. The smallest absolute Gasteiger partial charge is 0.128 e. The lowest BCUT2D eigenvalue weighted by molar-refractivity contribution is 0.122. The van der Waals surface area contributed by atoms with Crippen molar-refractivity contribution in [3.8, 4) is 0 Å². The van der Waals surface area contributed by atoms with Gasteiger partial charge in [-0.1, -0.05) is 6.07 Å². The summed E-state index contributed by atoms with van der Waals surface area (Å²) in [7, 11) is 2.21. The predicted molar refractivity (Wildman–Crippen MR) is 76.7 cm³/mol. The summed E-state index contributed by atoms with van der Waals surface area (Å²) in [6, 6.07) is 6.47. The van der Waals surface area contributed by atoms with Gasteiger partial charge in [-0.3, -0.25) is 0 Å².